The molecule has 7 heteroatoms. The zero-order valence-electron chi connectivity index (χ0n) is 16.9. The SMILES string of the molecule is CNC(=O)c1cc(C2CC2)nc2onc(C3CCN(C(=O)C4CCCCC4)C3)c12. The molecule has 2 amide bonds. The van der Waals surface area contributed by atoms with E-state index in [9.17, 15) is 9.59 Å². The number of nitrogens with one attached hydrogen (secondary N) is 1. The molecule has 2 aromatic heterocycles. The summed E-state index contributed by atoms with van der Waals surface area (Å²) in [5.74, 6) is 0.838. The number of carbonyl (C=O) groups excluding carboxylic acids is 2. The summed E-state index contributed by atoms with van der Waals surface area (Å²) < 4.78 is 5.58. The maximum atomic E-state index is 12.9. The van der Waals surface area contributed by atoms with Crippen LogP contribution in [0.15, 0.2) is 10.6 Å². The maximum absolute atomic E-state index is 12.9. The fraction of sp³-hybridized carbons (Fsp3) is 0.636. The van der Waals surface area contributed by atoms with Crippen LogP contribution in [0.5, 0.6) is 0 Å². The summed E-state index contributed by atoms with van der Waals surface area (Å²) in [5, 5.41) is 7.78. The molecule has 3 heterocycles. The van der Waals surface area contributed by atoms with Gasteiger partial charge in [0, 0.05) is 43.6 Å². The first-order valence-electron chi connectivity index (χ1n) is 11.0. The van der Waals surface area contributed by atoms with Gasteiger partial charge in [-0.3, -0.25) is 9.59 Å². The Labute approximate surface area is 170 Å². The molecule has 2 saturated carbocycles. The number of carbonyl (C=O) groups is 2. The van der Waals surface area contributed by atoms with E-state index in [4.69, 9.17) is 4.52 Å². The first-order chi connectivity index (χ1) is 14.2. The van der Waals surface area contributed by atoms with Gasteiger partial charge in [-0.15, -0.1) is 0 Å². The van der Waals surface area contributed by atoms with Gasteiger partial charge in [0.25, 0.3) is 11.6 Å². The van der Waals surface area contributed by atoms with Crippen molar-refractivity contribution in [1.29, 1.82) is 0 Å². The van der Waals surface area contributed by atoms with E-state index in [0.717, 1.165) is 62.9 Å². The lowest BCUT2D eigenvalue weighted by Gasteiger charge is -2.26. The number of rotatable bonds is 4. The summed E-state index contributed by atoms with van der Waals surface area (Å²) in [6.45, 7) is 1.39. The van der Waals surface area contributed by atoms with E-state index < -0.39 is 0 Å². The second-order valence-corrected chi connectivity index (χ2v) is 8.80. The molecular weight excluding hydrogens is 368 g/mol. The molecule has 0 aromatic carbocycles. The Hall–Kier alpha value is -2.44. The van der Waals surface area contributed by atoms with Gasteiger partial charge in [0.05, 0.1) is 16.6 Å². The molecule has 2 aromatic rings. The first-order valence-corrected chi connectivity index (χ1v) is 11.0. The average molecular weight is 396 g/mol. The molecule has 3 fully saturated rings. The summed E-state index contributed by atoms with van der Waals surface area (Å²) in [7, 11) is 1.64. The molecule has 1 atom stereocenters. The van der Waals surface area contributed by atoms with Gasteiger partial charge in [-0.2, -0.15) is 0 Å². The fourth-order valence-corrected chi connectivity index (χ4v) is 4.96. The van der Waals surface area contributed by atoms with Gasteiger partial charge in [-0.1, -0.05) is 24.4 Å². The molecule has 3 aliphatic rings. The Balaban J connectivity index is 1.43. The molecule has 154 valence electrons. The summed E-state index contributed by atoms with van der Waals surface area (Å²) in [6.07, 6.45) is 8.65. The van der Waals surface area contributed by atoms with Gasteiger partial charge in [0.2, 0.25) is 5.91 Å². The van der Waals surface area contributed by atoms with Crippen LogP contribution in [-0.2, 0) is 4.79 Å². The average Bonchev–Trinajstić information content (AvgIpc) is 3.35. The van der Waals surface area contributed by atoms with Crippen LogP contribution in [0, 0.1) is 5.92 Å². The highest BCUT2D eigenvalue weighted by Crippen LogP contribution is 2.41. The van der Waals surface area contributed by atoms with Crippen molar-refractivity contribution in [2.45, 2.75) is 63.2 Å². The highest BCUT2D eigenvalue weighted by atomic mass is 16.5. The van der Waals surface area contributed by atoms with E-state index in [1.807, 2.05) is 11.0 Å². The Morgan fingerprint density at radius 3 is 2.62 bits per heavy atom. The number of amides is 2. The van der Waals surface area contributed by atoms with E-state index in [0.29, 0.717) is 35.0 Å². The highest BCUT2D eigenvalue weighted by Gasteiger charge is 2.36. The van der Waals surface area contributed by atoms with Crippen molar-refractivity contribution in [3.63, 3.8) is 0 Å². The topological polar surface area (TPSA) is 88.3 Å². The molecule has 5 rings (SSSR count). The van der Waals surface area contributed by atoms with Gasteiger partial charge >= 0.3 is 0 Å². The lowest BCUT2D eigenvalue weighted by molar-refractivity contribution is -0.135. The number of pyridine rings is 1. The van der Waals surface area contributed by atoms with Crippen LogP contribution < -0.4 is 5.32 Å². The van der Waals surface area contributed by atoms with Gasteiger partial charge < -0.3 is 14.7 Å². The Kier molecular flexibility index (Phi) is 4.76. The van der Waals surface area contributed by atoms with Crippen LogP contribution in [0.2, 0.25) is 0 Å². The summed E-state index contributed by atoms with van der Waals surface area (Å²) in [6, 6.07) is 1.90. The van der Waals surface area contributed by atoms with E-state index in [1.165, 1.54) is 6.42 Å². The standard InChI is InChI=1S/C22H28N4O3/c1-23-20(27)16-11-17(13-7-8-13)24-21-18(16)19(25-29-21)15-9-10-26(12-15)22(28)14-5-3-2-4-6-14/h11,13-15H,2-10,12H2,1H3,(H,23,27). The van der Waals surface area contributed by atoms with Crippen LogP contribution in [0.1, 0.15) is 84.9 Å². The van der Waals surface area contributed by atoms with Gasteiger partial charge in [-0.05, 0) is 38.2 Å². The van der Waals surface area contributed by atoms with E-state index in [1.54, 1.807) is 7.05 Å². The molecular formula is C22H28N4O3. The second kappa shape index (κ2) is 7.43. The Morgan fingerprint density at radius 1 is 1.10 bits per heavy atom. The number of hydrogen-bond donors (Lipinski definition) is 1. The maximum Gasteiger partial charge on any atom is 0.259 e. The van der Waals surface area contributed by atoms with Crippen LogP contribution in [0.25, 0.3) is 11.1 Å². The largest absolute Gasteiger partial charge is 0.355 e. The fourth-order valence-electron chi connectivity index (χ4n) is 4.96. The van der Waals surface area contributed by atoms with Crippen LogP contribution >= 0.6 is 0 Å². The minimum absolute atomic E-state index is 0.0840. The third-order valence-corrected chi connectivity index (χ3v) is 6.80. The molecule has 1 saturated heterocycles. The quantitative estimate of drug-likeness (QED) is 0.856. The predicted octanol–water partition coefficient (Wildman–Crippen LogP) is 3.36. The monoisotopic (exact) mass is 396 g/mol. The zero-order chi connectivity index (χ0) is 20.0. The molecule has 0 bridgehead atoms. The Morgan fingerprint density at radius 2 is 1.90 bits per heavy atom. The van der Waals surface area contributed by atoms with Crippen LogP contribution in [-0.4, -0.2) is 47.0 Å². The normalized spacial score (nSPS) is 22.9. The van der Waals surface area contributed by atoms with Crippen molar-refractivity contribution < 1.29 is 14.1 Å². The summed E-state index contributed by atoms with van der Waals surface area (Å²) >= 11 is 0. The third kappa shape index (κ3) is 3.40. The molecule has 0 radical (unpaired) electrons. The number of nitrogens with zero attached hydrogens (tertiary/aromatic N) is 3. The van der Waals surface area contributed by atoms with Crippen molar-refractivity contribution >= 4 is 22.9 Å². The lowest BCUT2D eigenvalue weighted by Crippen LogP contribution is -2.35. The highest BCUT2D eigenvalue weighted by molar-refractivity contribution is 6.06. The molecule has 2 aliphatic carbocycles. The van der Waals surface area contributed by atoms with Crippen LogP contribution in [0.3, 0.4) is 0 Å². The second-order valence-electron chi connectivity index (χ2n) is 8.80. The minimum atomic E-state index is -0.142. The molecule has 1 unspecified atom stereocenters. The van der Waals surface area contributed by atoms with Crippen molar-refractivity contribution in [1.82, 2.24) is 20.4 Å². The first kappa shape index (κ1) is 18.6. The number of fused-ring (bicyclic) bond motifs is 1. The summed E-state index contributed by atoms with van der Waals surface area (Å²) in [4.78, 5) is 32.2. The summed E-state index contributed by atoms with van der Waals surface area (Å²) in [5.41, 5.74) is 2.72. The third-order valence-electron chi connectivity index (χ3n) is 6.80. The molecule has 1 N–H and O–H groups in total. The van der Waals surface area contributed by atoms with Gasteiger partial charge in [0.1, 0.15) is 0 Å². The predicted molar refractivity (Wildman–Crippen MR) is 108 cm³/mol. The zero-order valence-corrected chi connectivity index (χ0v) is 16.9. The van der Waals surface area contributed by atoms with E-state index in [2.05, 4.69) is 15.5 Å². The van der Waals surface area contributed by atoms with Crippen molar-refractivity contribution in [2.75, 3.05) is 20.1 Å². The van der Waals surface area contributed by atoms with E-state index in [-0.39, 0.29) is 17.7 Å². The lowest BCUT2D eigenvalue weighted by atomic mass is 9.88. The van der Waals surface area contributed by atoms with Crippen molar-refractivity contribution in [3.05, 3.63) is 23.0 Å². The van der Waals surface area contributed by atoms with Gasteiger partial charge in [-0.25, -0.2) is 4.98 Å². The number of likely N-dealkylation sites (tertiary alicyclic amines) is 1. The van der Waals surface area contributed by atoms with Crippen molar-refractivity contribution in [3.8, 4) is 0 Å². The Bertz CT molecular complexity index is 943. The molecule has 7 nitrogen and oxygen atoms in total. The van der Waals surface area contributed by atoms with E-state index >= 15 is 0 Å². The minimum Gasteiger partial charge on any atom is -0.355 e. The van der Waals surface area contributed by atoms with Crippen LogP contribution in [0.4, 0.5) is 0 Å². The smallest absolute Gasteiger partial charge is 0.259 e. The number of hydrogen-bond acceptors (Lipinski definition) is 5. The molecule has 1 aliphatic heterocycles. The van der Waals surface area contributed by atoms with Gasteiger partial charge in [0.15, 0.2) is 0 Å². The molecule has 29 heavy (non-hydrogen) atoms. The molecule has 0 spiro atoms. The number of aromatic nitrogens is 2. The van der Waals surface area contributed by atoms with Crippen molar-refractivity contribution in [2.24, 2.45) is 5.92 Å².